The number of aromatic nitrogens is 2. The second-order valence-electron chi connectivity index (χ2n) is 3.68. The van der Waals surface area contributed by atoms with Crippen LogP contribution in [0.5, 0.6) is 0 Å². The van der Waals surface area contributed by atoms with Crippen molar-refractivity contribution >= 4 is 23.3 Å². The summed E-state index contributed by atoms with van der Waals surface area (Å²) in [6.07, 6.45) is 1.52. The van der Waals surface area contributed by atoms with Crippen LogP contribution in [0.3, 0.4) is 0 Å². The van der Waals surface area contributed by atoms with E-state index in [-0.39, 0.29) is 6.61 Å². The monoisotopic (exact) mass is 267 g/mol. The van der Waals surface area contributed by atoms with E-state index in [4.69, 9.17) is 5.73 Å². The topological polar surface area (TPSA) is 72.0 Å². The van der Waals surface area contributed by atoms with Gasteiger partial charge in [-0.3, -0.25) is 0 Å². The van der Waals surface area contributed by atoms with E-state index in [2.05, 4.69) is 9.36 Å². The van der Waals surface area contributed by atoms with Gasteiger partial charge >= 0.3 is 0 Å². The molecule has 2 aromatic rings. The molecule has 1 heterocycles. The lowest BCUT2D eigenvalue weighted by atomic mass is 9.94. The van der Waals surface area contributed by atoms with E-state index in [0.29, 0.717) is 5.75 Å². The maximum Gasteiger partial charge on any atom is 0.169 e. The van der Waals surface area contributed by atoms with Gasteiger partial charge in [0.1, 0.15) is 6.33 Å². The van der Waals surface area contributed by atoms with Gasteiger partial charge in [0.05, 0.1) is 12.1 Å². The minimum absolute atomic E-state index is 0.0944. The molecule has 0 bridgehead atoms. The zero-order valence-electron chi connectivity index (χ0n) is 9.11. The molecule has 0 aliphatic rings. The highest BCUT2D eigenvalue weighted by atomic mass is 32.2. The molecule has 4 nitrogen and oxygen atoms in total. The average Bonchev–Trinajstić information content (AvgIpc) is 2.90. The summed E-state index contributed by atoms with van der Waals surface area (Å²) in [6.45, 7) is -0.0944. The van der Waals surface area contributed by atoms with Gasteiger partial charge in [0.2, 0.25) is 0 Å². The van der Waals surface area contributed by atoms with Crippen molar-refractivity contribution in [1.82, 2.24) is 9.36 Å². The summed E-state index contributed by atoms with van der Waals surface area (Å²) >= 11 is 2.85. The lowest BCUT2D eigenvalue weighted by molar-refractivity contribution is 0.213. The first-order valence-corrected chi connectivity index (χ1v) is 6.85. The minimum Gasteiger partial charge on any atom is -0.394 e. The predicted octanol–water partition coefficient (Wildman–Crippen LogP) is 1.48. The maximum absolute atomic E-state index is 9.50. The van der Waals surface area contributed by atoms with E-state index in [0.717, 1.165) is 9.90 Å². The van der Waals surface area contributed by atoms with E-state index >= 15 is 0 Å². The molecule has 90 valence electrons. The lowest BCUT2D eigenvalue weighted by Gasteiger charge is -2.26. The molecule has 1 aromatic carbocycles. The molecule has 6 heteroatoms. The average molecular weight is 267 g/mol. The van der Waals surface area contributed by atoms with Crippen LogP contribution in [-0.2, 0) is 5.54 Å². The highest BCUT2D eigenvalue weighted by Crippen LogP contribution is 2.27. The zero-order chi connectivity index (χ0) is 12.1. The molecule has 0 radical (unpaired) electrons. The van der Waals surface area contributed by atoms with Gasteiger partial charge in [0.15, 0.2) is 4.34 Å². The van der Waals surface area contributed by atoms with Crippen molar-refractivity contribution in [2.45, 2.75) is 9.88 Å². The van der Waals surface area contributed by atoms with Crippen LogP contribution in [0.2, 0.25) is 0 Å². The Hall–Kier alpha value is -0.950. The summed E-state index contributed by atoms with van der Waals surface area (Å²) in [4.78, 5) is 4.08. The standard InChI is InChI=1S/C11H13N3OS2/c12-11(6-15,9-4-2-1-3-5-9)7-16-10-13-8-14-17-10/h1-5,8,15H,6-7,12H2. The molecule has 2 rings (SSSR count). The van der Waals surface area contributed by atoms with E-state index in [1.54, 1.807) is 0 Å². The van der Waals surface area contributed by atoms with Crippen LogP contribution in [0.4, 0.5) is 0 Å². The number of benzene rings is 1. The first kappa shape index (κ1) is 12.5. The number of nitrogens with zero attached hydrogens (tertiary/aromatic N) is 2. The Kier molecular flexibility index (Phi) is 4.11. The normalized spacial score (nSPS) is 14.5. The van der Waals surface area contributed by atoms with Crippen molar-refractivity contribution in [3.8, 4) is 0 Å². The molecule has 0 saturated carbocycles. The Morgan fingerprint density at radius 2 is 2.12 bits per heavy atom. The van der Waals surface area contributed by atoms with Crippen molar-refractivity contribution in [3.63, 3.8) is 0 Å². The molecule has 3 N–H and O–H groups in total. The van der Waals surface area contributed by atoms with Crippen LogP contribution in [-0.4, -0.2) is 26.8 Å². The van der Waals surface area contributed by atoms with Gasteiger partial charge in [0, 0.05) is 5.75 Å². The zero-order valence-corrected chi connectivity index (χ0v) is 10.7. The SMILES string of the molecule is NC(CO)(CSc1ncns1)c1ccccc1. The Labute approximate surface area is 108 Å². The van der Waals surface area contributed by atoms with Crippen molar-refractivity contribution in [2.75, 3.05) is 12.4 Å². The van der Waals surface area contributed by atoms with Crippen molar-refractivity contribution in [2.24, 2.45) is 5.73 Å². The second kappa shape index (κ2) is 5.59. The fourth-order valence-electron chi connectivity index (χ4n) is 1.41. The highest BCUT2D eigenvalue weighted by molar-refractivity contribution is 8.01. The van der Waals surface area contributed by atoms with Gasteiger partial charge in [-0.25, -0.2) is 4.98 Å². The van der Waals surface area contributed by atoms with Gasteiger partial charge in [-0.15, -0.1) is 0 Å². The number of hydrogen-bond donors (Lipinski definition) is 2. The summed E-state index contributed by atoms with van der Waals surface area (Å²) in [5, 5.41) is 9.50. The number of thioether (sulfide) groups is 1. The third-order valence-corrected chi connectivity index (χ3v) is 4.48. The Morgan fingerprint density at radius 1 is 1.35 bits per heavy atom. The van der Waals surface area contributed by atoms with Gasteiger partial charge in [-0.05, 0) is 17.1 Å². The van der Waals surface area contributed by atoms with Gasteiger partial charge in [-0.2, -0.15) is 4.37 Å². The molecule has 0 aliphatic carbocycles. The molecule has 1 atom stereocenters. The van der Waals surface area contributed by atoms with Gasteiger partial charge < -0.3 is 10.8 Å². The molecule has 0 amide bonds. The van der Waals surface area contributed by atoms with E-state index < -0.39 is 5.54 Å². The van der Waals surface area contributed by atoms with E-state index in [9.17, 15) is 5.11 Å². The highest BCUT2D eigenvalue weighted by Gasteiger charge is 2.27. The summed E-state index contributed by atoms with van der Waals surface area (Å²) in [7, 11) is 0. The molecule has 0 saturated heterocycles. The Morgan fingerprint density at radius 3 is 2.71 bits per heavy atom. The van der Waals surface area contributed by atoms with Crippen molar-refractivity contribution in [1.29, 1.82) is 0 Å². The predicted molar refractivity (Wildman–Crippen MR) is 70.0 cm³/mol. The van der Waals surface area contributed by atoms with Crippen LogP contribution in [0.15, 0.2) is 41.0 Å². The molecule has 0 aliphatic heterocycles. The number of aliphatic hydroxyl groups excluding tert-OH is 1. The minimum atomic E-state index is -0.738. The molecule has 1 aromatic heterocycles. The molecule has 17 heavy (non-hydrogen) atoms. The van der Waals surface area contributed by atoms with Gasteiger partial charge in [-0.1, -0.05) is 42.1 Å². The largest absolute Gasteiger partial charge is 0.394 e. The fraction of sp³-hybridized carbons (Fsp3) is 0.273. The Balaban J connectivity index is 2.09. The van der Waals surface area contributed by atoms with Gasteiger partial charge in [0.25, 0.3) is 0 Å². The number of aliphatic hydroxyl groups is 1. The molecule has 0 fully saturated rings. The third-order valence-electron chi connectivity index (χ3n) is 2.43. The lowest BCUT2D eigenvalue weighted by Crippen LogP contribution is -2.43. The first-order chi connectivity index (χ1) is 8.24. The fourth-order valence-corrected chi connectivity index (χ4v) is 2.96. The Bertz CT molecular complexity index is 449. The van der Waals surface area contributed by atoms with Crippen LogP contribution >= 0.6 is 23.3 Å². The third kappa shape index (κ3) is 3.04. The molecular weight excluding hydrogens is 254 g/mol. The summed E-state index contributed by atoms with van der Waals surface area (Å²) in [6, 6.07) is 9.62. The summed E-state index contributed by atoms with van der Waals surface area (Å²) in [5.41, 5.74) is 6.41. The van der Waals surface area contributed by atoms with Crippen LogP contribution in [0.1, 0.15) is 5.56 Å². The quantitative estimate of drug-likeness (QED) is 0.803. The number of hydrogen-bond acceptors (Lipinski definition) is 6. The summed E-state index contributed by atoms with van der Waals surface area (Å²) < 4.78 is 4.79. The van der Waals surface area contributed by atoms with E-state index in [1.807, 2.05) is 30.3 Å². The molecule has 1 unspecified atom stereocenters. The summed E-state index contributed by atoms with van der Waals surface area (Å²) in [5.74, 6) is 0.572. The molecular formula is C11H13N3OS2. The van der Waals surface area contributed by atoms with Crippen LogP contribution < -0.4 is 5.73 Å². The van der Waals surface area contributed by atoms with Crippen LogP contribution in [0.25, 0.3) is 0 Å². The molecule has 0 spiro atoms. The van der Waals surface area contributed by atoms with Crippen molar-refractivity contribution in [3.05, 3.63) is 42.2 Å². The number of rotatable bonds is 5. The maximum atomic E-state index is 9.50. The first-order valence-electron chi connectivity index (χ1n) is 5.09. The smallest absolute Gasteiger partial charge is 0.169 e. The van der Waals surface area contributed by atoms with E-state index in [1.165, 1.54) is 29.6 Å². The van der Waals surface area contributed by atoms with Crippen LogP contribution in [0, 0.1) is 0 Å². The number of nitrogens with two attached hydrogens (primary N) is 1. The van der Waals surface area contributed by atoms with Crippen molar-refractivity contribution < 1.29 is 5.11 Å². The second-order valence-corrected chi connectivity index (χ2v) is 5.68.